The highest BCUT2D eigenvalue weighted by atomic mass is 16.5. The first-order valence-electron chi connectivity index (χ1n) is 6.23. The fraction of sp³-hybridized carbons (Fsp3) is 0.917. The highest BCUT2D eigenvalue weighted by molar-refractivity contribution is 5.76. The Morgan fingerprint density at radius 1 is 1.44 bits per heavy atom. The zero-order chi connectivity index (χ0) is 12.0. The quantitative estimate of drug-likeness (QED) is 0.668. The number of carbonyl (C=O) groups excluding carboxylic acids is 1. The van der Waals surface area contributed by atoms with Crippen LogP contribution in [-0.2, 0) is 9.53 Å². The largest absolute Gasteiger partial charge is 0.374 e. The number of amides is 1. The Morgan fingerprint density at radius 2 is 2.19 bits per heavy atom. The van der Waals surface area contributed by atoms with Crippen LogP contribution in [0.4, 0.5) is 0 Å². The first-order valence-corrected chi connectivity index (χ1v) is 6.23. The van der Waals surface area contributed by atoms with E-state index in [0.717, 1.165) is 25.9 Å². The predicted molar refractivity (Wildman–Crippen MR) is 64.3 cm³/mol. The van der Waals surface area contributed by atoms with Crippen LogP contribution < -0.4 is 10.6 Å². The Morgan fingerprint density at radius 3 is 2.75 bits per heavy atom. The van der Waals surface area contributed by atoms with E-state index in [9.17, 15) is 4.79 Å². The summed E-state index contributed by atoms with van der Waals surface area (Å²) in [5.74, 6) is 0.114. The molecular weight excluding hydrogens is 204 g/mol. The van der Waals surface area contributed by atoms with E-state index in [2.05, 4.69) is 17.6 Å². The third kappa shape index (κ3) is 5.47. The van der Waals surface area contributed by atoms with Crippen LogP contribution in [0.5, 0.6) is 0 Å². The molecule has 0 aliphatic carbocycles. The lowest BCUT2D eigenvalue weighted by atomic mass is 10.2. The number of ether oxygens (including phenoxy) is 1. The molecule has 0 saturated carbocycles. The van der Waals surface area contributed by atoms with Gasteiger partial charge in [0.2, 0.25) is 5.91 Å². The minimum atomic E-state index is 0.114. The molecule has 1 aliphatic heterocycles. The van der Waals surface area contributed by atoms with Crippen molar-refractivity contribution < 1.29 is 9.53 Å². The second-order valence-electron chi connectivity index (χ2n) is 4.82. The summed E-state index contributed by atoms with van der Waals surface area (Å²) >= 11 is 0. The van der Waals surface area contributed by atoms with Crippen molar-refractivity contribution in [2.45, 2.75) is 58.3 Å². The van der Waals surface area contributed by atoms with Crippen LogP contribution in [0.1, 0.15) is 40.0 Å². The van der Waals surface area contributed by atoms with Crippen molar-refractivity contribution in [2.24, 2.45) is 0 Å². The summed E-state index contributed by atoms with van der Waals surface area (Å²) < 4.78 is 5.67. The normalized spacial score (nSPS) is 25.0. The summed E-state index contributed by atoms with van der Waals surface area (Å²) in [6.07, 6.45) is 3.56. The maximum atomic E-state index is 11.3. The first kappa shape index (κ1) is 13.5. The van der Waals surface area contributed by atoms with Crippen molar-refractivity contribution in [3.63, 3.8) is 0 Å². The van der Waals surface area contributed by atoms with E-state index in [4.69, 9.17) is 4.74 Å². The van der Waals surface area contributed by atoms with Crippen LogP contribution in [0.25, 0.3) is 0 Å². The SMILES string of the molecule is CC(C)NC(=O)CCNCC1CCC(C)O1. The highest BCUT2D eigenvalue weighted by Crippen LogP contribution is 2.17. The molecule has 1 amide bonds. The van der Waals surface area contributed by atoms with E-state index in [1.807, 2.05) is 13.8 Å². The lowest BCUT2D eigenvalue weighted by molar-refractivity contribution is -0.121. The van der Waals surface area contributed by atoms with E-state index in [1.165, 1.54) is 0 Å². The van der Waals surface area contributed by atoms with Gasteiger partial charge in [0.15, 0.2) is 0 Å². The zero-order valence-corrected chi connectivity index (χ0v) is 10.6. The average Bonchev–Trinajstić information content (AvgIpc) is 2.58. The molecule has 1 fully saturated rings. The van der Waals surface area contributed by atoms with Crippen molar-refractivity contribution >= 4 is 5.91 Å². The first-order chi connectivity index (χ1) is 7.58. The maximum absolute atomic E-state index is 11.3. The molecule has 1 heterocycles. The van der Waals surface area contributed by atoms with Gasteiger partial charge in [0.05, 0.1) is 12.2 Å². The van der Waals surface area contributed by atoms with Gasteiger partial charge in [0, 0.05) is 25.6 Å². The molecule has 0 spiro atoms. The fourth-order valence-electron chi connectivity index (χ4n) is 1.89. The number of nitrogens with one attached hydrogen (secondary N) is 2. The standard InChI is InChI=1S/C12H24N2O2/c1-9(2)14-12(15)6-7-13-8-11-5-4-10(3)16-11/h9-11,13H,4-8H2,1-3H3,(H,14,15). The third-order valence-corrected chi connectivity index (χ3v) is 2.67. The molecule has 94 valence electrons. The Hall–Kier alpha value is -0.610. The molecule has 2 unspecified atom stereocenters. The molecule has 1 rings (SSSR count). The van der Waals surface area contributed by atoms with Gasteiger partial charge in [0.1, 0.15) is 0 Å². The minimum Gasteiger partial charge on any atom is -0.374 e. The Kier molecular flexibility index (Phi) is 5.77. The van der Waals surface area contributed by atoms with E-state index in [1.54, 1.807) is 0 Å². The van der Waals surface area contributed by atoms with Gasteiger partial charge in [-0.15, -0.1) is 0 Å². The summed E-state index contributed by atoms with van der Waals surface area (Å²) in [5, 5.41) is 6.13. The molecule has 0 aromatic rings. The second-order valence-corrected chi connectivity index (χ2v) is 4.82. The third-order valence-electron chi connectivity index (χ3n) is 2.67. The summed E-state index contributed by atoms with van der Waals surface area (Å²) in [5.41, 5.74) is 0. The minimum absolute atomic E-state index is 0.114. The second kappa shape index (κ2) is 6.86. The molecule has 2 atom stereocenters. The van der Waals surface area contributed by atoms with Gasteiger partial charge < -0.3 is 15.4 Å². The van der Waals surface area contributed by atoms with Gasteiger partial charge in [-0.2, -0.15) is 0 Å². The van der Waals surface area contributed by atoms with Crippen molar-refractivity contribution in [1.29, 1.82) is 0 Å². The van der Waals surface area contributed by atoms with Crippen LogP contribution in [0, 0.1) is 0 Å². The summed E-state index contributed by atoms with van der Waals surface area (Å²) in [6.45, 7) is 7.64. The highest BCUT2D eigenvalue weighted by Gasteiger charge is 2.20. The van der Waals surface area contributed by atoms with Gasteiger partial charge >= 0.3 is 0 Å². The number of carbonyl (C=O) groups is 1. The number of hydrogen-bond acceptors (Lipinski definition) is 3. The van der Waals surface area contributed by atoms with E-state index in [0.29, 0.717) is 18.6 Å². The van der Waals surface area contributed by atoms with Gasteiger partial charge in [-0.05, 0) is 33.6 Å². The molecule has 1 aliphatic rings. The van der Waals surface area contributed by atoms with Gasteiger partial charge in [-0.3, -0.25) is 4.79 Å². The molecule has 4 heteroatoms. The molecule has 0 bridgehead atoms. The average molecular weight is 228 g/mol. The van der Waals surface area contributed by atoms with E-state index < -0.39 is 0 Å². The lowest BCUT2D eigenvalue weighted by Gasteiger charge is -2.12. The molecule has 2 N–H and O–H groups in total. The van der Waals surface area contributed by atoms with Gasteiger partial charge in [0.25, 0.3) is 0 Å². The van der Waals surface area contributed by atoms with Crippen LogP contribution in [0.2, 0.25) is 0 Å². The van der Waals surface area contributed by atoms with Gasteiger partial charge in [-0.25, -0.2) is 0 Å². The summed E-state index contributed by atoms with van der Waals surface area (Å²) in [6, 6.07) is 0.228. The zero-order valence-electron chi connectivity index (χ0n) is 10.6. The summed E-state index contributed by atoms with van der Waals surface area (Å²) in [4.78, 5) is 11.3. The topological polar surface area (TPSA) is 50.4 Å². The van der Waals surface area contributed by atoms with Crippen molar-refractivity contribution in [3.05, 3.63) is 0 Å². The van der Waals surface area contributed by atoms with Gasteiger partial charge in [-0.1, -0.05) is 0 Å². The lowest BCUT2D eigenvalue weighted by Crippen LogP contribution is -2.34. The molecular formula is C12H24N2O2. The molecule has 4 nitrogen and oxygen atoms in total. The van der Waals surface area contributed by atoms with E-state index in [-0.39, 0.29) is 11.9 Å². The Labute approximate surface area is 98.1 Å². The molecule has 16 heavy (non-hydrogen) atoms. The monoisotopic (exact) mass is 228 g/mol. The molecule has 0 radical (unpaired) electrons. The Bertz CT molecular complexity index is 219. The predicted octanol–water partition coefficient (Wildman–Crippen LogP) is 1.06. The van der Waals surface area contributed by atoms with Crippen LogP contribution in [0.3, 0.4) is 0 Å². The number of rotatable bonds is 6. The van der Waals surface area contributed by atoms with E-state index >= 15 is 0 Å². The number of hydrogen-bond donors (Lipinski definition) is 2. The fourth-order valence-corrected chi connectivity index (χ4v) is 1.89. The summed E-state index contributed by atoms with van der Waals surface area (Å²) in [7, 11) is 0. The molecule has 0 aromatic carbocycles. The van der Waals surface area contributed by atoms with Crippen molar-refractivity contribution in [1.82, 2.24) is 10.6 Å². The van der Waals surface area contributed by atoms with Crippen LogP contribution in [-0.4, -0.2) is 37.2 Å². The molecule has 0 aromatic heterocycles. The Balaban J connectivity index is 1.97. The van der Waals surface area contributed by atoms with Crippen LogP contribution in [0.15, 0.2) is 0 Å². The van der Waals surface area contributed by atoms with Crippen LogP contribution >= 0.6 is 0 Å². The van der Waals surface area contributed by atoms with Crippen molar-refractivity contribution in [2.75, 3.05) is 13.1 Å². The smallest absolute Gasteiger partial charge is 0.221 e. The van der Waals surface area contributed by atoms with Crippen molar-refractivity contribution in [3.8, 4) is 0 Å². The maximum Gasteiger partial charge on any atom is 0.221 e. The molecule has 1 saturated heterocycles.